The summed E-state index contributed by atoms with van der Waals surface area (Å²) in [5.74, 6) is -0.117. The minimum absolute atomic E-state index is 0.117. The largest absolute Gasteiger partial charge is 0.375 e. The maximum Gasteiger partial charge on any atom is 0.375 e. The summed E-state index contributed by atoms with van der Waals surface area (Å²) in [4.78, 5) is 17.6. The van der Waals surface area contributed by atoms with Crippen molar-refractivity contribution in [2.45, 2.75) is 0 Å². The van der Waals surface area contributed by atoms with Crippen LogP contribution in [-0.4, -0.2) is 14.9 Å². The van der Waals surface area contributed by atoms with E-state index in [-0.39, 0.29) is 5.82 Å². The van der Waals surface area contributed by atoms with Crippen LogP contribution in [0.1, 0.15) is 0 Å². The molecule has 0 aromatic carbocycles. The number of hydrogen-bond donors (Lipinski definition) is 0. The van der Waals surface area contributed by atoms with Gasteiger partial charge < -0.3 is 10.1 Å². The van der Waals surface area contributed by atoms with Gasteiger partial charge in [0.1, 0.15) is 0 Å². The molecule has 5 nitrogen and oxygen atoms in total. The van der Waals surface area contributed by atoms with Gasteiger partial charge in [-0.3, -0.25) is 4.98 Å². The molecule has 70 valence electrons. The van der Waals surface area contributed by atoms with E-state index in [2.05, 4.69) is 9.97 Å². The molecule has 0 aliphatic carbocycles. The molecule has 0 aliphatic rings. The minimum Gasteiger partial charge on any atom is -0.358 e. The first-order chi connectivity index (χ1) is 6.77. The first-order valence-electron chi connectivity index (χ1n) is 3.77. The van der Waals surface area contributed by atoms with Crippen molar-refractivity contribution in [1.29, 1.82) is 0 Å². The van der Waals surface area contributed by atoms with Crippen molar-refractivity contribution in [2.24, 2.45) is 0 Å². The van der Waals surface area contributed by atoms with E-state index in [1.54, 1.807) is 18.5 Å². The normalized spacial score (nSPS) is 10.0. The summed E-state index contributed by atoms with van der Waals surface area (Å²) in [6.07, 6.45) is 3.27. The van der Waals surface area contributed by atoms with Crippen LogP contribution in [0.15, 0.2) is 29.9 Å². The van der Waals surface area contributed by atoms with Crippen LogP contribution in [0.4, 0.5) is 5.82 Å². The Hall–Kier alpha value is -1.82. The summed E-state index contributed by atoms with van der Waals surface area (Å²) in [5.41, 5.74) is 0.797. The highest BCUT2D eigenvalue weighted by Gasteiger charge is 2.14. The summed E-state index contributed by atoms with van der Waals surface area (Å²) >= 11 is 1.24. The number of rotatable bonds is 2. The van der Waals surface area contributed by atoms with Crippen molar-refractivity contribution in [3.63, 3.8) is 0 Å². The molecule has 2 heterocycles. The lowest BCUT2D eigenvalue weighted by molar-refractivity contribution is -0.389. The molecule has 0 spiro atoms. The van der Waals surface area contributed by atoms with Gasteiger partial charge in [0.25, 0.3) is 0 Å². The predicted molar refractivity (Wildman–Crippen MR) is 52.0 cm³/mol. The molecule has 0 saturated carbocycles. The molecule has 0 radical (unpaired) electrons. The number of nitrogens with zero attached hydrogens (tertiary/aromatic N) is 3. The van der Waals surface area contributed by atoms with Crippen LogP contribution in [0.25, 0.3) is 10.6 Å². The smallest absolute Gasteiger partial charge is 0.358 e. The van der Waals surface area contributed by atoms with Crippen LogP contribution in [-0.2, 0) is 0 Å². The third kappa shape index (κ3) is 1.60. The van der Waals surface area contributed by atoms with E-state index < -0.39 is 4.92 Å². The fourth-order valence-corrected chi connectivity index (χ4v) is 1.73. The van der Waals surface area contributed by atoms with Gasteiger partial charge in [0.15, 0.2) is 0 Å². The maximum atomic E-state index is 10.4. The summed E-state index contributed by atoms with van der Waals surface area (Å²) in [5, 5.41) is 12.4. The summed E-state index contributed by atoms with van der Waals surface area (Å²) in [6.45, 7) is 0. The number of nitro groups is 1. The Morgan fingerprint density at radius 1 is 1.50 bits per heavy atom. The summed E-state index contributed by atoms with van der Waals surface area (Å²) in [6, 6.07) is 3.58. The zero-order valence-electron chi connectivity index (χ0n) is 6.95. The molecule has 0 unspecified atom stereocenters. The van der Waals surface area contributed by atoms with Crippen molar-refractivity contribution in [2.75, 3.05) is 0 Å². The predicted octanol–water partition coefficient (Wildman–Crippen LogP) is 2.11. The second kappa shape index (κ2) is 3.51. The van der Waals surface area contributed by atoms with Crippen LogP contribution in [0.3, 0.4) is 0 Å². The van der Waals surface area contributed by atoms with Crippen LogP contribution in [0.5, 0.6) is 0 Å². The van der Waals surface area contributed by atoms with Gasteiger partial charge in [0.05, 0.1) is 10.9 Å². The van der Waals surface area contributed by atoms with Crippen LogP contribution in [0, 0.1) is 10.1 Å². The third-order valence-corrected chi connectivity index (χ3v) is 2.47. The highest BCUT2D eigenvalue weighted by atomic mass is 32.1. The Kier molecular flexibility index (Phi) is 2.19. The van der Waals surface area contributed by atoms with Gasteiger partial charge in [-0.25, -0.2) is 0 Å². The van der Waals surface area contributed by atoms with Gasteiger partial charge >= 0.3 is 5.82 Å². The van der Waals surface area contributed by atoms with Gasteiger partial charge in [-0.15, -0.1) is 0 Å². The molecule has 0 bridgehead atoms. The maximum absolute atomic E-state index is 10.4. The standard InChI is InChI=1S/C8H5N3O2S/c12-11(13)7-5-14-8(10-7)6-2-1-3-9-4-6/h1-5H. The van der Waals surface area contributed by atoms with Crippen LogP contribution < -0.4 is 0 Å². The molecule has 0 atom stereocenters. The third-order valence-electron chi connectivity index (χ3n) is 1.59. The fourth-order valence-electron chi connectivity index (χ4n) is 0.971. The quantitative estimate of drug-likeness (QED) is 0.558. The van der Waals surface area contributed by atoms with E-state index in [4.69, 9.17) is 0 Å². The van der Waals surface area contributed by atoms with Gasteiger partial charge in [0, 0.05) is 12.4 Å². The van der Waals surface area contributed by atoms with E-state index in [0.717, 1.165) is 5.56 Å². The zero-order chi connectivity index (χ0) is 9.97. The number of pyridine rings is 1. The monoisotopic (exact) mass is 207 g/mol. The molecule has 0 N–H and O–H groups in total. The van der Waals surface area contributed by atoms with Gasteiger partial charge in [-0.1, -0.05) is 11.3 Å². The summed E-state index contributed by atoms with van der Waals surface area (Å²) < 4.78 is 0. The molecular formula is C8H5N3O2S. The van der Waals surface area contributed by atoms with Gasteiger partial charge in [0.2, 0.25) is 5.01 Å². The lowest BCUT2D eigenvalue weighted by Gasteiger charge is -1.87. The summed E-state index contributed by atoms with van der Waals surface area (Å²) in [7, 11) is 0. The van der Waals surface area contributed by atoms with E-state index in [1.165, 1.54) is 16.7 Å². The van der Waals surface area contributed by atoms with Crippen LogP contribution >= 0.6 is 11.3 Å². The second-order valence-corrected chi connectivity index (χ2v) is 3.37. The van der Waals surface area contributed by atoms with Gasteiger partial charge in [-0.2, -0.15) is 0 Å². The Morgan fingerprint density at radius 2 is 2.36 bits per heavy atom. The van der Waals surface area contributed by atoms with E-state index in [1.807, 2.05) is 6.07 Å². The molecule has 2 aromatic rings. The zero-order valence-corrected chi connectivity index (χ0v) is 7.77. The Balaban J connectivity index is 2.39. The Bertz CT molecular complexity index is 455. The second-order valence-electron chi connectivity index (χ2n) is 2.51. The highest BCUT2D eigenvalue weighted by Crippen LogP contribution is 2.25. The Morgan fingerprint density at radius 3 is 2.93 bits per heavy atom. The van der Waals surface area contributed by atoms with Crippen LogP contribution in [0.2, 0.25) is 0 Å². The first kappa shape index (κ1) is 8.76. The fraction of sp³-hybridized carbons (Fsp3) is 0. The lowest BCUT2D eigenvalue weighted by atomic mass is 10.3. The first-order valence-corrected chi connectivity index (χ1v) is 4.65. The topological polar surface area (TPSA) is 68.9 Å². The molecule has 0 fully saturated rings. The molecule has 0 amide bonds. The van der Waals surface area contributed by atoms with Crippen molar-refractivity contribution in [3.8, 4) is 10.6 Å². The number of thiazole rings is 1. The lowest BCUT2D eigenvalue weighted by Crippen LogP contribution is -1.87. The van der Waals surface area contributed by atoms with Crippen molar-refractivity contribution < 1.29 is 4.92 Å². The molecule has 0 saturated heterocycles. The van der Waals surface area contributed by atoms with E-state index in [0.29, 0.717) is 5.01 Å². The Labute approximate surface area is 83.2 Å². The molecular weight excluding hydrogens is 202 g/mol. The number of hydrogen-bond acceptors (Lipinski definition) is 5. The molecule has 14 heavy (non-hydrogen) atoms. The number of aromatic nitrogens is 2. The molecule has 0 aliphatic heterocycles. The SMILES string of the molecule is O=[N+]([O-])c1csc(-c2cccnc2)n1. The van der Waals surface area contributed by atoms with E-state index >= 15 is 0 Å². The van der Waals surface area contributed by atoms with Crippen molar-refractivity contribution >= 4 is 17.2 Å². The average Bonchev–Trinajstić information content (AvgIpc) is 2.68. The average molecular weight is 207 g/mol. The molecule has 2 rings (SSSR count). The van der Waals surface area contributed by atoms with Crippen molar-refractivity contribution in [1.82, 2.24) is 9.97 Å². The van der Waals surface area contributed by atoms with E-state index in [9.17, 15) is 10.1 Å². The molecule has 6 heteroatoms. The van der Waals surface area contributed by atoms with Crippen molar-refractivity contribution in [3.05, 3.63) is 40.0 Å². The highest BCUT2D eigenvalue weighted by molar-refractivity contribution is 7.13. The molecule has 2 aromatic heterocycles. The van der Waals surface area contributed by atoms with Gasteiger partial charge in [-0.05, 0) is 22.0 Å². The minimum atomic E-state index is -0.504.